The van der Waals surface area contributed by atoms with Crippen molar-refractivity contribution in [2.24, 2.45) is 10.8 Å². The standard InChI is InChI=1S/C13H18O4/c1-3-17-11(16)12(2)10(15)5-7-13(12)6-4-9(14)8-13/h3-8H2,1-2H3. The van der Waals surface area contributed by atoms with Crippen molar-refractivity contribution < 1.29 is 19.1 Å². The summed E-state index contributed by atoms with van der Waals surface area (Å²) in [5.41, 5.74) is -1.57. The first-order valence-electron chi connectivity index (χ1n) is 6.18. The van der Waals surface area contributed by atoms with Crippen LogP contribution in [0.1, 0.15) is 46.0 Å². The van der Waals surface area contributed by atoms with Crippen molar-refractivity contribution in [2.45, 2.75) is 46.0 Å². The van der Waals surface area contributed by atoms with Crippen LogP contribution in [-0.4, -0.2) is 24.1 Å². The van der Waals surface area contributed by atoms with E-state index < -0.39 is 16.8 Å². The maximum atomic E-state index is 12.1. The Bertz CT molecular complexity index is 383. The first-order valence-corrected chi connectivity index (χ1v) is 6.18. The largest absolute Gasteiger partial charge is 0.465 e. The molecule has 0 saturated heterocycles. The van der Waals surface area contributed by atoms with Crippen LogP contribution >= 0.6 is 0 Å². The van der Waals surface area contributed by atoms with Crippen LogP contribution in [0.2, 0.25) is 0 Å². The number of ether oxygens (including phenoxy) is 1. The Hall–Kier alpha value is -1.19. The summed E-state index contributed by atoms with van der Waals surface area (Å²) in [4.78, 5) is 35.7. The lowest BCUT2D eigenvalue weighted by molar-refractivity contribution is -0.164. The molecule has 0 aliphatic heterocycles. The molecule has 94 valence electrons. The number of rotatable bonds is 2. The van der Waals surface area contributed by atoms with Crippen molar-refractivity contribution in [3.8, 4) is 0 Å². The predicted octanol–water partition coefficient (Wildman–Crippen LogP) is 1.66. The van der Waals surface area contributed by atoms with Crippen molar-refractivity contribution in [3.63, 3.8) is 0 Å². The van der Waals surface area contributed by atoms with Crippen LogP contribution in [-0.2, 0) is 19.1 Å². The van der Waals surface area contributed by atoms with Crippen LogP contribution < -0.4 is 0 Å². The SMILES string of the molecule is CCOC(=O)C1(C)C(=O)CCC12CCC(=O)C2. The van der Waals surface area contributed by atoms with E-state index in [2.05, 4.69) is 0 Å². The van der Waals surface area contributed by atoms with Gasteiger partial charge in [0.15, 0.2) is 5.78 Å². The van der Waals surface area contributed by atoms with Crippen LogP contribution in [0.25, 0.3) is 0 Å². The average molecular weight is 238 g/mol. The molecule has 17 heavy (non-hydrogen) atoms. The zero-order chi connectivity index (χ0) is 12.7. The van der Waals surface area contributed by atoms with Crippen LogP contribution in [0.3, 0.4) is 0 Å². The minimum atomic E-state index is -1.10. The van der Waals surface area contributed by atoms with Gasteiger partial charge in [-0.3, -0.25) is 14.4 Å². The Balaban J connectivity index is 2.37. The summed E-state index contributed by atoms with van der Waals surface area (Å²) in [5.74, 6) is -0.349. The molecule has 0 radical (unpaired) electrons. The molecular weight excluding hydrogens is 220 g/mol. The van der Waals surface area contributed by atoms with Crippen molar-refractivity contribution in [1.82, 2.24) is 0 Å². The topological polar surface area (TPSA) is 60.4 Å². The number of carbonyl (C=O) groups excluding carboxylic acids is 3. The molecule has 0 N–H and O–H groups in total. The van der Waals surface area contributed by atoms with Crippen LogP contribution in [0.4, 0.5) is 0 Å². The van der Waals surface area contributed by atoms with Gasteiger partial charge in [-0.05, 0) is 26.7 Å². The van der Waals surface area contributed by atoms with E-state index >= 15 is 0 Å². The molecule has 0 bridgehead atoms. The van der Waals surface area contributed by atoms with Gasteiger partial charge < -0.3 is 4.74 Å². The molecule has 0 amide bonds. The first-order chi connectivity index (χ1) is 7.96. The van der Waals surface area contributed by atoms with Crippen molar-refractivity contribution in [1.29, 1.82) is 0 Å². The Morgan fingerprint density at radius 3 is 2.47 bits per heavy atom. The molecule has 2 aliphatic rings. The molecule has 0 aromatic carbocycles. The van der Waals surface area contributed by atoms with Gasteiger partial charge >= 0.3 is 5.97 Å². The molecule has 2 aliphatic carbocycles. The predicted molar refractivity (Wildman–Crippen MR) is 60.3 cm³/mol. The molecule has 2 fully saturated rings. The quantitative estimate of drug-likeness (QED) is 0.542. The second kappa shape index (κ2) is 3.93. The van der Waals surface area contributed by atoms with Crippen molar-refractivity contribution >= 4 is 17.5 Å². The van der Waals surface area contributed by atoms with Gasteiger partial charge in [0, 0.05) is 24.7 Å². The number of hydrogen-bond donors (Lipinski definition) is 0. The van der Waals surface area contributed by atoms with Gasteiger partial charge in [0.05, 0.1) is 6.61 Å². The van der Waals surface area contributed by atoms with Crippen LogP contribution in [0.15, 0.2) is 0 Å². The van der Waals surface area contributed by atoms with E-state index in [1.165, 1.54) is 0 Å². The van der Waals surface area contributed by atoms with E-state index in [1.54, 1.807) is 13.8 Å². The number of hydrogen-bond acceptors (Lipinski definition) is 4. The van der Waals surface area contributed by atoms with Gasteiger partial charge in [0.1, 0.15) is 11.2 Å². The van der Waals surface area contributed by atoms with Crippen LogP contribution in [0, 0.1) is 10.8 Å². The van der Waals surface area contributed by atoms with Crippen LogP contribution in [0.5, 0.6) is 0 Å². The fourth-order valence-corrected chi connectivity index (χ4v) is 3.33. The van der Waals surface area contributed by atoms with Gasteiger partial charge in [-0.1, -0.05) is 0 Å². The van der Waals surface area contributed by atoms with E-state index in [0.717, 1.165) is 0 Å². The molecule has 4 nitrogen and oxygen atoms in total. The molecule has 2 saturated carbocycles. The molecule has 0 aromatic rings. The summed E-state index contributed by atoms with van der Waals surface area (Å²) in [6.07, 6.45) is 2.53. The maximum Gasteiger partial charge on any atom is 0.319 e. The minimum absolute atomic E-state index is 0.0642. The monoisotopic (exact) mass is 238 g/mol. The minimum Gasteiger partial charge on any atom is -0.465 e. The Morgan fingerprint density at radius 1 is 1.29 bits per heavy atom. The third kappa shape index (κ3) is 1.53. The third-order valence-corrected chi connectivity index (χ3v) is 4.55. The highest BCUT2D eigenvalue weighted by Crippen LogP contribution is 2.59. The molecule has 0 heterocycles. The summed E-state index contributed by atoms with van der Waals surface area (Å²) in [7, 11) is 0. The van der Waals surface area contributed by atoms with E-state index in [1.807, 2.05) is 0 Å². The maximum absolute atomic E-state index is 12.1. The molecule has 2 unspecified atom stereocenters. The Labute approximate surface area is 101 Å². The van der Waals surface area contributed by atoms with Gasteiger partial charge in [-0.15, -0.1) is 0 Å². The summed E-state index contributed by atoms with van der Waals surface area (Å²) < 4.78 is 5.05. The fourth-order valence-electron chi connectivity index (χ4n) is 3.33. The number of ketones is 2. The lowest BCUT2D eigenvalue weighted by Gasteiger charge is -2.36. The lowest BCUT2D eigenvalue weighted by atomic mass is 9.65. The summed E-state index contributed by atoms with van der Waals surface area (Å²) >= 11 is 0. The summed E-state index contributed by atoms with van der Waals surface area (Å²) in [6, 6.07) is 0. The Morgan fingerprint density at radius 2 is 1.94 bits per heavy atom. The third-order valence-electron chi connectivity index (χ3n) is 4.55. The van der Waals surface area contributed by atoms with Gasteiger partial charge in [0.2, 0.25) is 0 Å². The van der Waals surface area contributed by atoms with Gasteiger partial charge in [-0.2, -0.15) is 0 Å². The first kappa shape index (κ1) is 12.3. The summed E-state index contributed by atoms with van der Waals surface area (Å²) in [5, 5.41) is 0. The molecular formula is C13H18O4. The second-order valence-corrected chi connectivity index (χ2v) is 5.26. The van der Waals surface area contributed by atoms with E-state index in [-0.39, 0.29) is 18.2 Å². The van der Waals surface area contributed by atoms with Crippen molar-refractivity contribution in [3.05, 3.63) is 0 Å². The Kier molecular flexibility index (Phi) is 2.84. The molecule has 1 spiro atoms. The van der Waals surface area contributed by atoms with Gasteiger partial charge in [0.25, 0.3) is 0 Å². The zero-order valence-corrected chi connectivity index (χ0v) is 10.4. The molecule has 4 heteroatoms. The number of esters is 1. The fraction of sp³-hybridized carbons (Fsp3) is 0.769. The highest BCUT2D eigenvalue weighted by molar-refractivity contribution is 6.07. The normalized spacial score (nSPS) is 36.8. The number of carbonyl (C=O) groups is 3. The molecule has 0 aromatic heterocycles. The average Bonchev–Trinajstić information content (AvgIpc) is 2.78. The summed E-state index contributed by atoms with van der Waals surface area (Å²) in [6.45, 7) is 3.66. The number of Topliss-reactive ketones (excluding diaryl/α,β-unsaturated/α-hetero) is 2. The lowest BCUT2D eigenvalue weighted by Crippen LogP contribution is -2.45. The highest BCUT2D eigenvalue weighted by atomic mass is 16.5. The zero-order valence-electron chi connectivity index (χ0n) is 10.4. The second-order valence-electron chi connectivity index (χ2n) is 5.26. The molecule has 2 atom stereocenters. The van der Waals surface area contributed by atoms with Gasteiger partial charge in [-0.25, -0.2) is 0 Å². The molecule has 2 rings (SSSR count). The van der Waals surface area contributed by atoms with Crippen molar-refractivity contribution in [2.75, 3.05) is 6.61 Å². The smallest absolute Gasteiger partial charge is 0.319 e. The van der Waals surface area contributed by atoms with E-state index in [0.29, 0.717) is 32.1 Å². The van der Waals surface area contributed by atoms with E-state index in [9.17, 15) is 14.4 Å². The highest BCUT2D eigenvalue weighted by Gasteiger charge is 2.64. The van der Waals surface area contributed by atoms with E-state index in [4.69, 9.17) is 4.74 Å².